The first kappa shape index (κ1) is 18.5. The third kappa shape index (κ3) is 4.82. The van der Waals surface area contributed by atoms with Crippen LogP contribution in [-0.2, 0) is 14.3 Å². The van der Waals surface area contributed by atoms with Gasteiger partial charge in [-0.3, -0.25) is 14.5 Å². The Hall–Kier alpha value is -2.83. The zero-order valence-corrected chi connectivity index (χ0v) is 14.5. The molecule has 7 nitrogen and oxygen atoms in total. The van der Waals surface area contributed by atoms with E-state index in [0.29, 0.717) is 13.2 Å². The number of amides is 3. The summed E-state index contributed by atoms with van der Waals surface area (Å²) in [7, 11) is 1.54. The van der Waals surface area contributed by atoms with Crippen LogP contribution in [0, 0.1) is 0 Å². The zero-order chi connectivity index (χ0) is 18.4. The predicted molar refractivity (Wildman–Crippen MR) is 94.1 cm³/mol. The van der Waals surface area contributed by atoms with Crippen LogP contribution < -0.4 is 10.2 Å². The second kappa shape index (κ2) is 8.32. The molecule has 7 heteroatoms. The zero-order valence-electron chi connectivity index (χ0n) is 14.5. The molecular formula is C18H23N3O4. The molecule has 1 aromatic carbocycles. The number of benzene rings is 1. The summed E-state index contributed by atoms with van der Waals surface area (Å²) in [6.45, 7) is 6.30. The highest BCUT2D eigenvalue weighted by Gasteiger charge is 2.21. The van der Waals surface area contributed by atoms with Gasteiger partial charge in [0.2, 0.25) is 11.8 Å². The maximum absolute atomic E-state index is 12.0. The molecule has 3 amide bonds. The van der Waals surface area contributed by atoms with Crippen LogP contribution in [0.2, 0.25) is 0 Å². The number of hydrogen-bond acceptors (Lipinski definition) is 4. The smallest absolute Gasteiger partial charge is 0.414 e. The molecule has 1 heterocycles. The van der Waals surface area contributed by atoms with Gasteiger partial charge in [0.25, 0.3) is 0 Å². The van der Waals surface area contributed by atoms with Crippen molar-refractivity contribution in [3.8, 4) is 0 Å². The molecule has 0 bridgehead atoms. The molecule has 1 aromatic rings. The van der Waals surface area contributed by atoms with Gasteiger partial charge in [-0.2, -0.15) is 0 Å². The third-order valence-corrected chi connectivity index (χ3v) is 3.99. The standard InChI is InChI=1S/C18H23N3O4/c1-4-17(23)20(3)12-16(22)19-13(2)14-6-8-15(9-7-14)21-10-5-11-25-18(21)24/h4,6-9,13H,1,5,10-12H2,2-3H3,(H,19,22). The molecular weight excluding hydrogens is 322 g/mol. The lowest BCUT2D eigenvalue weighted by Gasteiger charge is -2.26. The maximum Gasteiger partial charge on any atom is 0.414 e. The summed E-state index contributed by atoms with van der Waals surface area (Å²) in [5.41, 5.74) is 1.67. The van der Waals surface area contributed by atoms with Crippen LogP contribution >= 0.6 is 0 Å². The summed E-state index contributed by atoms with van der Waals surface area (Å²) in [6, 6.07) is 7.17. The molecule has 0 radical (unpaired) electrons. The van der Waals surface area contributed by atoms with Crippen LogP contribution in [0.3, 0.4) is 0 Å². The van der Waals surface area contributed by atoms with E-state index in [1.165, 1.54) is 11.0 Å². The summed E-state index contributed by atoms with van der Waals surface area (Å²) in [6.07, 6.45) is 1.63. The minimum absolute atomic E-state index is 0.0348. The Labute approximate surface area is 147 Å². The van der Waals surface area contributed by atoms with E-state index in [0.717, 1.165) is 17.7 Å². The summed E-state index contributed by atoms with van der Waals surface area (Å²) in [4.78, 5) is 38.0. The molecule has 1 atom stereocenters. The number of likely N-dealkylation sites (N-methyl/N-ethyl adjacent to an activating group) is 1. The fraction of sp³-hybridized carbons (Fsp3) is 0.389. The quantitative estimate of drug-likeness (QED) is 0.798. The molecule has 134 valence electrons. The lowest BCUT2D eigenvalue weighted by Crippen LogP contribution is -2.38. The Balaban J connectivity index is 1.94. The molecule has 0 aromatic heterocycles. The highest BCUT2D eigenvalue weighted by Crippen LogP contribution is 2.21. The Morgan fingerprint density at radius 1 is 1.40 bits per heavy atom. The highest BCUT2D eigenvalue weighted by atomic mass is 16.6. The predicted octanol–water partition coefficient (Wildman–Crippen LogP) is 1.85. The Morgan fingerprint density at radius 3 is 2.68 bits per heavy atom. The average molecular weight is 345 g/mol. The van der Waals surface area contributed by atoms with Gasteiger partial charge in [0, 0.05) is 19.3 Å². The van der Waals surface area contributed by atoms with E-state index in [2.05, 4.69) is 11.9 Å². The van der Waals surface area contributed by atoms with E-state index in [1.807, 2.05) is 31.2 Å². The van der Waals surface area contributed by atoms with Gasteiger partial charge in [-0.05, 0) is 37.1 Å². The molecule has 1 N–H and O–H groups in total. The number of carbonyl (C=O) groups is 3. The van der Waals surface area contributed by atoms with Gasteiger partial charge in [-0.15, -0.1) is 0 Å². The van der Waals surface area contributed by atoms with Crippen molar-refractivity contribution in [1.82, 2.24) is 10.2 Å². The van der Waals surface area contributed by atoms with E-state index in [9.17, 15) is 14.4 Å². The largest absolute Gasteiger partial charge is 0.449 e. The first-order valence-electron chi connectivity index (χ1n) is 8.13. The number of nitrogens with one attached hydrogen (secondary N) is 1. The maximum atomic E-state index is 12.0. The lowest BCUT2D eigenvalue weighted by atomic mass is 10.1. The number of rotatable bonds is 6. The van der Waals surface area contributed by atoms with E-state index in [4.69, 9.17) is 4.74 Å². The van der Waals surface area contributed by atoms with Gasteiger partial charge in [-0.1, -0.05) is 18.7 Å². The average Bonchev–Trinajstić information content (AvgIpc) is 2.61. The molecule has 0 saturated carbocycles. The van der Waals surface area contributed by atoms with Crippen molar-refractivity contribution >= 4 is 23.6 Å². The Kier molecular flexibility index (Phi) is 6.16. The second-order valence-electron chi connectivity index (χ2n) is 5.90. The molecule has 2 rings (SSSR count). The van der Waals surface area contributed by atoms with Crippen molar-refractivity contribution in [3.05, 3.63) is 42.5 Å². The number of ether oxygens (including phenoxy) is 1. The fourth-order valence-corrected chi connectivity index (χ4v) is 2.55. The van der Waals surface area contributed by atoms with Gasteiger partial charge in [-0.25, -0.2) is 4.79 Å². The number of nitrogens with zero attached hydrogens (tertiary/aromatic N) is 2. The number of anilines is 1. The summed E-state index contributed by atoms with van der Waals surface area (Å²) < 4.78 is 5.03. The molecule has 0 aliphatic carbocycles. The highest BCUT2D eigenvalue weighted by molar-refractivity contribution is 5.90. The van der Waals surface area contributed by atoms with Gasteiger partial charge in [0.15, 0.2) is 0 Å². The summed E-state index contributed by atoms with van der Waals surface area (Å²) in [5.74, 6) is -0.561. The van der Waals surface area contributed by atoms with Crippen LogP contribution in [0.25, 0.3) is 0 Å². The minimum atomic E-state index is -0.338. The van der Waals surface area contributed by atoms with Gasteiger partial charge in [0.1, 0.15) is 0 Å². The number of carbonyl (C=O) groups excluding carboxylic acids is 3. The number of cyclic esters (lactones) is 1. The lowest BCUT2D eigenvalue weighted by molar-refractivity contribution is -0.131. The van der Waals surface area contributed by atoms with Crippen LogP contribution in [0.1, 0.15) is 24.9 Å². The van der Waals surface area contributed by atoms with Crippen molar-refractivity contribution in [1.29, 1.82) is 0 Å². The summed E-state index contributed by atoms with van der Waals surface area (Å²) in [5, 5.41) is 2.84. The van der Waals surface area contributed by atoms with Crippen LogP contribution in [-0.4, -0.2) is 49.6 Å². The molecule has 1 unspecified atom stereocenters. The molecule has 1 aliphatic rings. The van der Waals surface area contributed by atoms with E-state index >= 15 is 0 Å². The fourth-order valence-electron chi connectivity index (χ4n) is 2.55. The molecule has 0 spiro atoms. The van der Waals surface area contributed by atoms with Gasteiger partial charge >= 0.3 is 6.09 Å². The van der Waals surface area contributed by atoms with E-state index in [-0.39, 0.29) is 30.5 Å². The molecule has 1 fully saturated rings. The van der Waals surface area contributed by atoms with E-state index in [1.54, 1.807) is 11.9 Å². The summed E-state index contributed by atoms with van der Waals surface area (Å²) >= 11 is 0. The first-order chi connectivity index (χ1) is 11.9. The Bertz CT molecular complexity index is 657. The topological polar surface area (TPSA) is 79.0 Å². The Morgan fingerprint density at radius 2 is 2.08 bits per heavy atom. The van der Waals surface area contributed by atoms with Crippen molar-refractivity contribution in [3.63, 3.8) is 0 Å². The van der Waals surface area contributed by atoms with Crippen molar-refractivity contribution < 1.29 is 19.1 Å². The SMILES string of the molecule is C=CC(=O)N(C)CC(=O)NC(C)c1ccc(N2CCCOC2=O)cc1. The van der Waals surface area contributed by atoms with Crippen molar-refractivity contribution in [2.24, 2.45) is 0 Å². The monoisotopic (exact) mass is 345 g/mol. The van der Waals surface area contributed by atoms with Crippen LogP contribution in [0.5, 0.6) is 0 Å². The van der Waals surface area contributed by atoms with Crippen molar-refractivity contribution in [2.75, 3.05) is 31.6 Å². The normalized spacial score (nSPS) is 15.1. The molecule has 25 heavy (non-hydrogen) atoms. The van der Waals surface area contributed by atoms with Gasteiger partial charge < -0.3 is 15.0 Å². The first-order valence-corrected chi connectivity index (χ1v) is 8.13. The van der Waals surface area contributed by atoms with Crippen molar-refractivity contribution in [2.45, 2.75) is 19.4 Å². The van der Waals surface area contributed by atoms with Gasteiger partial charge in [0.05, 0.1) is 19.2 Å². The number of hydrogen-bond donors (Lipinski definition) is 1. The van der Waals surface area contributed by atoms with Crippen LogP contribution in [0.4, 0.5) is 10.5 Å². The minimum Gasteiger partial charge on any atom is -0.449 e. The second-order valence-corrected chi connectivity index (χ2v) is 5.90. The van der Waals surface area contributed by atoms with E-state index < -0.39 is 0 Å². The van der Waals surface area contributed by atoms with Crippen LogP contribution in [0.15, 0.2) is 36.9 Å². The molecule has 1 aliphatic heterocycles. The third-order valence-electron chi connectivity index (χ3n) is 3.99. The molecule has 1 saturated heterocycles.